The average molecular weight is 280 g/mol. The highest BCUT2D eigenvalue weighted by Gasteiger charge is 2.16. The van der Waals surface area contributed by atoms with Gasteiger partial charge in [-0.25, -0.2) is 18.1 Å². The van der Waals surface area contributed by atoms with Crippen LogP contribution in [-0.2, 0) is 23.1 Å². The Kier molecular flexibility index (Phi) is 3.87. The fraction of sp³-hybridized carbons (Fsp3) is 0.250. The fourth-order valence-electron chi connectivity index (χ4n) is 1.54. The average Bonchev–Trinajstić information content (AvgIpc) is 2.88. The Balaban J connectivity index is 2.07. The van der Waals surface area contributed by atoms with Crippen LogP contribution in [0, 0.1) is 0 Å². The van der Waals surface area contributed by atoms with Crippen molar-refractivity contribution in [3.63, 3.8) is 0 Å². The highest BCUT2D eigenvalue weighted by Crippen LogP contribution is 2.08. The molecule has 0 fully saturated rings. The van der Waals surface area contributed by atoms with Gasteiger partial charge in [-0.15, -0.1) is 0 Å². The van der Waals surface area contributed by atoms with E-state index in [0.717, 1.165) is 5.56 Å². The Labute approximate surface area is 112 Å². The van der Waals surface area contributed by atoms with Crippen molar-refractivity contribution in [3.05, 3.63) is 42.4 Å². The Morgan fingerprint density at radius 3 is 2.58 bits per heavy atom. The molecular formula is C12H16N4O2S. The van der Waals surface area contributed by atoms with Gasteiger partial charge in [0.25, 0.3) is 10.0 Å². The number of rotatable bonds is 5. The van der Waals surface area contributed by atoms with Crippen LogP contribution in [0.15, 0.2) is 41.8 Å². The highest BCUT2D eigenvalue weighted by molar-refractivity contribution is 7.89. The molecule has 0 saturated heterocycles. The summed E-state index contributed by atoms with van der Waals surface area (Å²) in [5.41, 5.74) is 7.05. The molecule has 1 heterocycles. The van der Waals surface area contributed by atoms with E-state index in [9.17, 15) is 8.42 Å². The molecule has 1 aromatic heterocycles. The molecule has 2 aromatic rings. The number of hydrogen-bond donors (Lipinski definition) is 2. The first-order valence-corrected chi connectivity index (χ1v) is 7.35. The minimum Gasteiger partial charge on any atom is -0.399 e. The molecule has 0 radical (unpaired) electrons. The number of nitrogens with two attached hydrogens (primary N) is 1. The first-order valence-electron chi connectivity index (χ1n) is 5.87. The molecule has 0 aliphatic carbocycles. The number of aromatic nitrogens is 2. The molecule has 0 aliphatic rings. The number of imidazole rings is 1. The molecular weight excluding hydrogens is 264 g/mol. The van der Waals surface area contributed by atoms with Gasteiger partial charge in [-0.05, 0) is 24.6 Å². The van der Waals surface area contributed by atoms with Crippen molar-refractivity contribution in [2.75, 3.05) is 5.73 Å². The van der Waals surface area contributed by atoms with Crippen LogP contribution in [0.3, 0.4) is 0 Å². The summed E-state index contributed by atoms with van der Waals surface area (Å²) in [7, 11) is -3.57. The van der Waals surface area contributed by atoms with E-state index in [-0.39, 0.29) is 11.6 Å². The van der Waals surface area contributed by atoms with Gasteiger partial charge in [0.1, 0.15) is 0 Å². The van der Waals surface area contributed by atoms with Gasteiger partial charge in [0.2, 0.25) is 0 Å². The third kappa shape index (κ3) is 3.33. The smallest absolute Gasteiger partial charge is 0.259 e. The number of sulfonamides is 1. The summed E-state index contributed by atoms with van der Waals surface area (Å²) in [5.74, 6) is 0. The molecule has 0 saturated carbocycles. The van der Waals surface area contributed by atoms with E-state index < -0.39 is 10.0 Å². The molecule has 3 N–H and O–H groups in total. The first-order chi connectivity index (χ1) is 9.01. The minimum absolute atomic E-state index is 0.0322. The fourth-order valence-corrected chi connectivity index (χ4v) is 2.50. The van der Waals surface area contributed by atoms with Crippen molar-refractivity contribution in [1.29, 1.82) is 0 Å². The van der Waals surface area contributed by atoms with E-state index in [2.05, 4.69) is 9.71 Å². The summed E-state index contributed by atoms with van der Waals surface area (Å²) in [6.45, 7) is 2.81. The number of nitrogens with one attached hydrogen (secondary N) is 1. The van der Waals surface area contributed by atoms with Crippen LogP contribution in [0.1, 0.15) is 12.5 Å². The highest BCUT2D eigenvalue weighted by atomic mass is 32.2. The molecule has 1 aromatic carbocycles. The number of anilines is 1. The lowest BCUT2D eigenvalue weighted by Crippen LogP contribution is -2.23. The van der Waals surface area contributed by atoms with Gasteiger partial charge < -0.3 is 10.3 Å². The molecule has 0 bridgehead atoms. The zero-order valence-corrected chi connectivity index (χ0v) is 11.4. The summed E-state index contributed by atoms with van der Waals surface area (Å²) in [5, 5.41) is 0.0322. The minimum atomic E-state index is -3.57. The monoisotopic (exact) mass is 280 g/mol. The van der Waals surface area contributed by atoms with Crippen LogP contribution in [0.4, 0.5) is 5.69 Å². The Morgan fingerprint density at radius 1 is 1.32 bits per heavy atom. The van der Waals surface area contributed by atoms with E-state index >= 15 is 0 Å². The number of aryl methyl sites for hydroxylation is 1. The predicted octanol–water partition coefficient (Wildman–Crippen LogP) is 0.964. The maximum absolute atomic E-state index is 12.0. The maximum Gasteiger partial charge on any atom is 0.259 e. The van der Waals surface area contributed by atoms with Crippen LogP contribution in [-0.4, -0.2) is 18.0 Å². The van der Waals surface area contributed by atoms with E-state index in [1.54, 1.807) is 28.8 Å². The van der Waals surface area contributed by atoms with Crippen molar-refractivity contribution in [2.24, 2.45) is 0 Å². The second-order valence-corrected chi connectivity index (χ2v) is 5.82. The third-order valence-electron chi connectivity index (χ3n) is 2.70. The van der Waals surface area contributed by atoms with Crippen molar-refractivity contribution < 1.29 is 8.42 Å². The van der Waals surface area contributed by atoms with Crippen molar-refractivity contribution >= 4 is 15.7 Å². The molecule has 0 spiro atoms. The number of nitrogen functional groups attached to an aromatic ring is 1. The number of nitrogens with zero attached hydrogens (tertiary/aromatic N) is 2. The second kappa shape index (κ2) is 5.41. The van der Waals surface area contributed by atoms with Gasteiger partial charge in [-0.1, -0.05) is 12.1 Å². The zero-order chi connectivity index (χ0) is 13.9. The summed E-state index contributed by atoms with van der Waals surface area (Å²) >= 11 is 0. The Bertz CT molecular complexity index is 647. The molecule has 0 aliphatic heterocycles. The molecule has 0 amide bonds. The van der Waals surface area contributed by atoms with Crippen LogP contribution < -0.4 is 10.5 Å². The molecule has 2 rings (SSSR count). The van der Waals surface area contributed by atoms with E-state index in [0.29, 0.717) is 12.2 Å². The third-order valence-corrected chi connectivity index (χ3v) is 3.98. The standard InChI is InChI=1S/C12H16N4O2S/c1-2-16-8-12(14-9-16)19(17,18)15-7-10-3-5-11(13)6-4-10/h3-6,8-9,15H,2,7,13H2,1H3. The Morgan fingerprint density at radius 2 is 2.00 bits per heavy atom. The van der Waals surface area contributed by atoms with Crippen LogP contribution in [0.2, 0.25) is 0 Å². The SMILES string of the molecule is CCn1cnc(S(=O)(=O)NCc2ccc(N)cc2)c1. The van der Waals surface area contributed by atoms with Gasteiger partial charge in [-0.3, -0.25) is 0 Å². The summed E-state index contributed by atoms with van der Waals surface area (Å²) in [6, 6.07) is 7.02. The van der Waals surface area contributed by atoms with Crippen LogP contribution >= 0.6 is 0 Å². The first kappa shape index (κ1) is 13.6. The molecule has 6 nitrogen and oxygen atoms in total. The van der Waals surface area contributed by atoms with Crippen molar-refractivity contribution in [3.8, 4) is 0 Å². The van der Waals surface area contributed by atoms with Gasteiger partial charge in [0.05, 0.1) is 6.33 Å². The van der Waals surface area contributed by atoms with Crippen molar-refractivity contribution in [1.82, 2.24) is 14.3 Å². The zero-order valence-electron chi connectivity index (χ0n) is 10.6. The van der Waals surface area contributed by atoms with Crippen molar-refractivity contribution in [2.45, 2.75) is 25.0 Å². The van der Waals surface area contributed by atoms with Crippen LogP contribution in [0.5, 0.6) is 0 Å². The summed E-state index contributed by atoms with van der Waals surface area (Å²) < 4.78 is 28.2. The molecule has 102 valence electrons. The van der Waals surface area contributed by atoms with Gasteiger partial charge >= 0.3 is 0 Å². The lowest BCUT2D eigenvalue weighted by atomic mass is 10.2. The largest absolute Gasteiger partial charge is 0.399 e. The molecule has 0 atom stereocenters. The summed E-state index contributed by atoms with van der Waals surface area (Å²) in [4.78, 5) is 3.88. The Hall–Kier alpha value is -1.86. The van der Waals surface area contributed by atoms with E-state index in [1.165, 1.54) is 12.5 Å². The van der Waals surface area contributed by atoms with Gasteiger partial charge in [-0.2, -0.15) is 0 Å². The maximum atomic E-state index is 12.0. The van der Waals surface area contributed by atoms with Gasteiger partial charge in [0, 0.05) is 25.0 Å². The van der Waals surface area contributed by atoms with E-state index in [1.807, 2.05) is 6.92 Å². The van der Waals surface area contributed by atoms with Crippen LogP contribution in [0.25, 0.3) is 0 Å². The topological polar surface area (TPSA) is 90.0 Å². The molecule has 19 heavy (non-hydrogen) atoms. The van der Waals surface area contributed by atoms with Gasteiger partial charge in [0.15, 0.2) is 5.03 Å². The summed E-state index contributed by atoms with van der Waals surface area (Å²) in [6.07, 6.45) is 3.00. The number of benzene rings is 1. The van der Waals surface area contributed by atoms with E-state index in [4.69, 9.17) is 5.73 Å². The predicted molar refractivity (Wildman–Crippen MR) is 72.8 cm³/mol. The second-order valence-electron chi connectivity index (χ2n) is 4.11. The molecule has 7 heteroatoms. The lowest BCUT2D eigenvalue weighted by molar-refractivity contribution is 0.578. The molecule has 0 unspecified atom stereocenters. The normalized spacial score (nSPS) is 11.6. The number of hydrogen-bond acceptors (Lipinski definition) is 4. The lowest BCUT2D eigenvalue weighted by Gasteiger charge is -2.04. The quantitative estimate of drug-likeness (QED) is 0.798.